The number of hydrogen-bond acceptors (Lipinski definition) is 16. The topological polar surface area (TPSA) is 186 Å². The zero-order chi connectivity index (χ0) is 51.0. The first kappa shape index (κ1) is 50.4. The van der Waals surface area contributed by atoms with Crippen molar-refractivity contribution >= 4 is 86.0 Å². The lowest BCUT2D eigenvalue weighted by Crippen LogP contribution is -2.71. The highest BCUT2D eigenvalue weighted by Crippen LogP contribution is 2.44. The average Bonchev–Trinajstić information content (AvgIpc) is 4.07. The minimum absolute atomic E-state index is 0.0391. The number of oxime groups is 1. The van der Waals surface area contributed by atoms with E-state index in [9.17, 15) is 19.2 Å². The zero-order valence-electron chi connectivity index (χ0n) is 39.8. The van der Waals surface area contributed by atoms with Crippen LogP contribution in [0.2, 0.25) is 0 Å². The molecule has 0 aliphatic carbocycles. The Morgan fingerprint density at radius 1 is 0.795 bits per heavy atom. The molecule has 2 atom stereocenters. The number of β-lactam (4-membered cyclic amide) rings is 1. The Bertz CT molecular complexity index is 3030. The maximum absolute atomic E-state index is 14.7. The van der Waals surface area contributed by atoms with Gasteiger partial charge in [-0.3, -0.25) is 19.8 Å². The van der Waals surface area contributed by atoms with Gasteiger partial charge in [-0.2, -0.15) is 0 Å². The first-order valence-electron chi connectivity index (χ1n) is 22.9. The number of nitrogens with zero attached hydrogens (tertiary/aromatic N) is 5. The summed E-state index contributed by atoms with van der Waals surface area (Å²) in [6.07, 6.45) is 0.268. The van der Waals surface area contributed by atoms with Crippen LogP contribution in [0.15, 0.2) is 189 Å². The molecule has 3 N–H and O–H groups in total. The molecule has 9 rings (SSSR count). The number of allylic oxidation sites excluding steroid dienone is 1. The van der Waals surface area contributed by atoms with Gasteiger partial charge in [0.25, 0.3) is 11.8 Å². The minimum Gasteiger partial charge on any atom is -0.448 e. The van der Waals surface area contributed by atoms with E-state index >= 15 is 0 Å². The Morgan fingerprint density at radius 3 is 1.90 bits per heavy atom. The van der Waals surface area contributed by atoms with E-state index in [4.69, 9.17) is 19.3 Å². The number of aromatic nitrogens is 3. The summed E-state index contributed by atoms with van der Waals surface area (Å²) in [5.74, 6) is -1.67. The Hall–Kier alpha value is -7.58. The van der Waals surface area contributed by atoms with Crippen LogP contribution < -0.4 is 16.0 Å². The number of hydrogen-bond donors (Lipinski definition) is 3. The van der Waals surface area contributed by atoms with Crippen molar-refractivity contribution in [2.24, 2.45) is 5.16 Å². The third-order valence-electron chi connectivity index (χ3n) is 11.4. The highest BCUT2D eigenvalue weighted by Gasteiger charge is 2.55. The van der Waals surface area contributed by atoms with Crippen LogP contribution in [0.3, 0.4) is 0 Å². The predicted molar refractivity (Wildman–Crippen MR) is 286 cm³/mol. The normalized spacial score (nSPS) is 15.9. The number of ether oxygens (including phenoxy) is 2. The Balaban J connectivity index is 0.972. The van der Waals surface area contributed by atoms with E-state index in [-0.39, 0.29) is 28.0 Å². The molecule has 370 valence electrons. The second-order valence-corrected chi connectivity index (χ2v) is 21.5. The van der Waals surface area contributed by atoms with Gasteiger partial charge in [0.05, 0.1) is 0 Å². The number of carbonyl (C=O) groups excluding carboxylic acids is 4. The predicted octanol–water partition coefficient (Wildman–Crippen LogP) is 10.4. The van der Waals surface area contributed by atoms with Crippen molar-refractivity contribution in [3.63, 3.8) is 0 Å². The zero-order valence-corrected chi connectivity index (χ0v) is 43.1. The molecule has 7 aromatic rings. The monoisotopic (exact) mass is 1050 g/mol. The molecule has 2 aromatic heterocycles. The van der Waals surface area contributed by atoms with Gasteiger partial charge in [0.1, 0.15) is 41.1 Å². The number of benzene rings is 5. The van der Waals surface area contributed by atoms with Gasteiger partial charge in [0.2, 0.25) is 5.13 Å². The summed E-state index contributed by atoms with van der Waals surface area (Å²) in [5, 5.41) is 25.0. The van der Waals surface area contributed by atoms with Gasteiger partial charge in [-0.05, 0) is 65.6 Å². The summed E-state index contributed by atoms with van der Waals surface area (Å²) in [7, 11) is 1.33. The molecule has 5 aromatic carbocycles. The fraction of sp³-hybridized carbons (Fsp3) is 0.185. The molecule has 0 bridgehead atoms. The summed E-state index contributed by atoms with van der Waals surface area (Å²) in [6, 6.07) is 47.8. The smallest absolute Gasteiger partial charge is 0.414 e. The molecule has 0 saturated carbocycles. The average molecular weight is 1050 g/mol. The van der Waals surface area contributed by atoms with Crippen molar-refractivity contribution < 1.29 is 33.5 Å². The number of thioether (sulfide) groups is 2. The fourth-order valence-corrected chi connectivity index (χ4v) is 11.8. The Labute approximate surface area is 438 Å². The maximum Gasteiger partial charge on any atom is 0.414 e. The third-order valence-corrected chi connectivity index (χ3v) is 15.2. The third kappa shape index (κ3) is 11.4. The lowest BCUT2D eigenvalue weighted by molar-refractivity contribution is -0.154. The molecule has 1 saturated heterocycles. The summed E-state index contributed by atoms with van der Waals surface area (Å²) < 4.78 is 12.2. The number of nitrogens with one attached hydrogen (secondary N) is 3. The molecule has 0 spiro atoms. The van der Waals surface area contributed by atoms with Crippen LogP contribution >= 0.6 is 46.2 Å². The molecule has 19 heteroatoms. The first-order valence-corrected chi connectivity index (χ1v) is 26.5. The summed E-state index contributed by atoms with van der Waals surface area (Å²) in [5.41, 5.74) is 3.43. The molecule has 3 amide bonds. The van der Waals surface area contributed by atoms with E-state index in [1.165, 1.54) is 46.9 Å². The number of anilines is 2. The van der Waals surface area contributed by atoms with Gasteiger partial charge in [0.15, 0.2) is 21.3 Å². The lowest BCUT2D eigenvalue weighted by atomic mass is 9.77. The molecule has 73 heavy (non-hydrogen) atoms. The quantitative estimate of drug-likeness (QED) is 0.0149. The van der Waals surface area contributed by atoms with Crippen LogP contribution in [0.5, 0.6) is 0 Å². The fourth-order valence-electron chi connectivity index (χ4n) is 8.27. The van der Waals surface area contributed by atoms with Crippen LogP contribution in [0.4, 0.5) is 15.1 Å². The second-order valence-electron chi connectivity index (χ2n) is 17.4. The maximum atomic E-state index is 14.7. The highest BCUT2D eigenvalue weighted by molar-refractivity contribution is 8.03. The number of rotatable bonds is 17. The molecule has 2 aliphatic rings. The van der Waals surface area contributed by atoms with Crippen LogP contribution in [-0.2, 0) is 34.2 Å². The van der Waals surface area contributed by atoms with Crippen molar-refractivity contribution in [3.05, 3.63) is 213 Å². The van der Waals surface area contributed by atoms with Gasteiger partial charge >= 0.3 is 12.1 Å². The van der Waals surface area contributed by atoms with E-state index < -0.39 is 52.5 Å². The molecule has 15 nitrogen and oxygen atoms in total. The second kappa shape index (κ2) is 22.5. The number of fused-ring (bicyclic) bond motifs is 1. The van der Waals surface area contributed by atoms with Crippen molar-refractivity contribution in [1.82, 2.24) is 25.4 Å². The van der Waals surface area contributed by atoms with Gasteiger partial charge in [-0.1, -0.05) is 180 Å². The van der Waals surface area contributed by atoms with E-state index in [2.05, 4.69) is 67.7 Å². The molecular weight excluding hydrogens is 1000 g/mol. The van der Waals surface area contributed by atoms with E-state index in [0.29, 0.717) is 15.0 Å². The lowest BCUT2D eigenvalue weighted by Gasteiger charge is -2.49. The molecule has 2 unspecified atom stereocenters. The van der Waals surface area contributed by atoms with Gasteiger partial charge in [-0.25, -0.2) is 14.6 Å². The van der Waals surface area contributed by atoms with Gasteiger partial charge < -0.3 is 24.9 Å². The molecule has 0 radical (unpaired) electrons. The van der Waals surface area contributed by atoms with Crippen LogP contribution in [0.25, 0.3) is 0 Å². The van der Waals surface area contributed by atoms with Crippen molar-refractivity contribution in [1.29, 1.82) is 0 Å². The van der Waals surface area contributed by atoms with Gasteiger partial charge in [0, 0.05) is 11.1 Å². The van der Waals surface area contributed by atoms with E-state index in [0.717, 1.165) is 39.2 Å². The van der Waals surface area contributed by atoms with Gasteiger partial charge in [-0.15, -0.1) is 33.3 Å². The largest absolute Gasteiger partial charge is 0.448 e. The number of amides is 3. The minimum atomic E-state index is -1.04. The molecular formula is C54H48N8O7S4. The number of esters is 1. The summed E-state index contributed by atoms with van der Waals surface area (Å²) in [6.45, 7) is 5.28. The van der Waals surface area contributed by atoms with Crippen LogP contribution in [-0.4, -0.2) is 79.5 Å². The number of carbonyl (C=O) groups is 4. The standard InChI is InChI=1S/C54H48N8O7S4/c1-53(2,3)69-51(66)57-50-59-60-52(73-50)70-31-30-36-32-71-47-42(46(64)62(47)43(36)48(65)68-44(34-20-10-5-11-21-34)35-22-12-6-13-23-35)56-45(63)41(61-67-4)40-33-72-49(55-40)58-54(37-24-14-7-15-25-37,38-26-16-8-17-27-38)39-28-18-9-19-29-39/h5-31,33,42,44,47H,32H2,1-4H3,(H,55,58)(H,56,63)(H,57,59,66)/b31-30+,61-41+. The Morgan fingerprint density at radius 2 is 1.36 bits per heavy atom. The first-order chi connectivity index (χ1) is 35.4. The molecule has 1 fully saturated rings. The van der Waals surface area contributed by atoms with Crippen molar-refractivity contribution in [2.75, 3.05) is 23.5 Å². The van der Waals surface area contributed by atoms with E-state index in [1.807, 2.05) is 115 Å². The number of thiazole rings is 1. The summed E-state index contributed by atoms with van der Waals surface area (Å²) in [4.78, 5) is 67.3. The molecule has 2 aliphatic heterocycles. The molecule has 4 heterocycles. The highest BCUT2D eigenvalue weighted by atomic mass is 32.2. The van der Waals surface area contributed by atoms with Crippen LogP contribution in [0.1, 0.15) is 60.4 Å². The van der Waals surface area contributed by atoms with E-state index in [1.54, 1.807) is 37.6 Å². The van der Waals surface area contributed by atoms with Crippen molar-refractivity contribution in [2.45, 2.75) is 53.8 Å². The van der Waals surface area contributed by atoms with Crippen LogP contribution in [0, 0.1) is 0 Å². The SMILES string of the molecule is CO/N=C(/C(=O)NC1C(=O)N2C(C(=O)OC(c3ccccc3)c3ccccc3)=C(/C=C/Sc3nnc(NC(=O)OC(C)(C)C)s3)CSC12)c1csc(NC(c2ccccc2)(c2ccccc2)c2ccccc2)n1. The summed E-state index contributed by atoms with van der Waals surface area (Å²) >= 11 is 5.03. The van der Waals surface area contributed by atoms with Crippen molar-refractivity contribution in [3.8, 4) is 0 Å². The Kier molecular flexibility index (Phi) is 15.5.